The summed E-state index contributed by atoms with van der Waals surface area (Å²) in [4.78, 5) is 23.1. The van der Waals surface area contributed by atoms with Crippen LogP contribution in [0.15, 0.2) is 18.2 Å². The highest BCUT2D eigenvalue weighted by atomic mass is 19.1. The van der Waals surface area contributed by atoms with E-state index < -0.39 is 23.7 Å². The number of carboxylic acid groups (broad SMARTS) is 1. The van der Waals surface area contributed by atoms with E-state index in [2.05, 4.69) is 5.32 Å². The first-order chi connectivity index (χ1) is 8.86. The van der Waals surface area contributed by atoms with E-state index >= 15 is 0 Å². The number of carboxylic acids is 1. The monoisotopic (exact) mass is 267 g/mol. The van der Waals surface area contributed by atoms with E-state index in [1.54, 1.807) is 13.8 Å². The van der Waals surface area contributed by atoms with Crippen molar-refractivity contribution in [1.82, 2.24) is 5.32 Å². The molecule has 2 unspecified atom stereocenters. The number of hydrogen-bond acceptors (Lipinski definition) is 2. The summed E-state index contributed by atoms with van der Waals surface area (Å²) in [5.74, 6) is -2.17. The van der Waals surface area contributed by atoms with Gasteiger partial charge in [0, 0.05) is 5.56 Å². The molecule has 0 aliphatic carbocycles. The number of rotatable bonds is 5. The van der Waals surface area contributed by atoms with E-state index in [4.69, 9.17) is 5.11 Å². The Bertz CT molecular complexity index is 488. The minimum Gasteiger partial charge on any atom is -0.480 e. The van der Waals surface area contributed by atoms with E-state index in [1.807, 2.05) is 6.92 Å². The van der Waals surface area contributed by atoms with Gasteiger partial charge in [-0.25, -0.2) is 9.18 Å². The quantitative estimate of drug-likeness (QED) is 0.860. The van der Waals surface area contributed by atoms with Gasteiger partial charge in [-0.2, -0.15) is 0 Å². The highest BCUT2D eigenvalue weighted by Gasteiger charge is 2.26. The second-order valence-electron chi connectivity index (χ2n) is 4.63. The molecular weight excluding hydrogens is 249 g/mol. The van der Waals surface area contributed by atoms with Crippen molar-refractivity contribution in [3.8, 4) is 0 Å². The van der Waals surface area contributed by atoms with Crippen LogP contribution >= 0.6 is 0 Å². The van der Waals surface area contributed by atoms with E-state index in [0.717, 1.165) is 0 Å². The summed E-state index contributed by atoms with van der Waals surface area (Å²) >= 11 is 0. The average Bonchev–Trinajstić information content (AvgIpc) is 2.34. The van der Waals surface area contributed by atoms with Crippen LogP contribution in [0.5, 0.6) is 0 Å². The summed E-state index contributed by atoms with van der Waals surface area (Å²) in [6.45, 7) is 5.23. The lowest BCUT2D eigenvalue weighted by Gasteiger charge is -2.20. The second kappa shape index (κ2) is 6.31. The summed E-state index contributed by atoms with van der Waals surface area (Å²) in [5.41, 5.74) is 0.766. The van der Waals surface area contributed by atoms with Crippen molar-refractivity contribution in [3.63, 3.8) is 0 Å². The van der Waals surface area contributed by atoms with Gasteiger partial charge >= 0.3 is 5.97 Å². The summed E-state index contributed by atoms with van der Waals surface area (Å²) < 4.78 is 13.0. The van der Waals surface area contributed by atoms with Crippen LogP contribution in [0.3, 0.4) is 0 Å². The Kier molecular flexibility index (Phi) is 5.03. The number of halogens is 1. The molecule has 1 aromatic carbocycles. The van der Waals surface area contributed by atoms with Crippen LogP contribution in [-0.2, 0) is 4.79 Å². The van der Waals surface area contributed by atoms with Crippen LogP contribution in [0.4, 0.5) is 4.39 Å². The van der Waals surface area contributed by atoms with Gasteiger partial charge in [0.25, 0.3) is 5.91 Å². The van der Waals surface area contributed by atoms with Gasteiger partial charge in [-0.15, -0.1) is 0 Å². The van der Waals surface area contributed by atoms with Crippen molar-refractivity contribution in [1.29, 1.82) is 0 Å². The Hall–Kier alpha value is -1.91. The molecule has 5 heteroatoms. The molecule has 0 heterocycles. The van der Waals surface area contributed by atoms with E-state index in [0.29, 0.717) is 12.0 Å². The zero-order valence-corrected chi connectivity index (χ0v) is 11.2. The molecule has 0 aliphatic heterocycles. The predicted molar refractivity (Wildman–Crippen MR) is 69.5 cm³/mol. The van der Waals surface area contributed by atoms with Crippen LogP contribution in [-0.4, -0.2) is 23.0 Å². The third-order valence-corrected chi connectivity index (χ3v) is 3.20. The molecule has 0 saturated carbocycles. The van der Waals surface area contributed by atoms with E-state index in [9.17, 15) is 14.0 Å². The van der Waals surface area contributed by atoms with Crippen LogP contribution in [0.1, 0.15) is 36.2 Å². The van der Waals surface area contributed by atoms with Crippen molar-refractivity contribution in [2.75, 3.05) is 0 Å². The number of amides is 1. The molecule has 0 aromatic heterocycles. The highest BCUT2D eigenvalue weighted by molar-refractivity contribution is 5.97. The van der Waals surface area contributed by atoms with Gasteiger partial charge in [-0.05, 0) is 36.6 Å². The zero-order valence-electron chi connectivity index (χ0n) is 11.2. The summed E-state index contributed by atoms with van der Waals surface area (Å²) in [6.07, 6.45) is 0.639. The van der Waals surface area contributed by atoms with E-state index in [1.165, 1.54) is 18.2 Å². The Morgan fingerprint density at radius 1 is 1.42 bits per heavy atom. The first-order valence-electron chi connectivity index (χ1n) is 6.16. The smallest absolute Gasteiger partial charge is 0.326 e. The SMILES string of the molecule is CCC(C)C(NC(=O)c1ccc(F)cc1C)C(=O)O. The summed E-state index contributed by atoms with van der Waals surface area (Å²) in [6, 6.07) is 2.84. The average molecular weight is 267 g/mol. The van der Waals surface area contributed by atoms with Crippen molar-refractivity contribution in [2.24, 2.45) is 5.92 Å². The Morgan fingerprint density at radius 3 is 2.53 bits per heavy atom. The number of nitrogens with one attached hydrogen (secondary N) is 1. The standard InChI is InChI=1S/C14H18FNO3/c1-4-8(2)12(14(18)19)16-13(17)11-6-5-10(15)7-9(11)3/h5-8,12H,4H2,1-3H3,(H,16,17)(H,18,19). The number of benzene rings is 1. The van der Waals surface area contributed by atoms with Crippen LogP contribution < -0.4 is 5.32 Å². The third kappa shape index (κ3) is 3.77. The fraction of sp³-hybridized carbons (Fsp3) is 0.429. The molecule has 0 radical (unpaired) electrons. The maximum Gasteiger partial charge on any atom is 0.326 e. The van der Waals surface area contributed by atoms with Crippen LogP contribution in [0.25, 0.3) is 0 Å². The number of carbonyl (C=O) groups excluding carboxylic acids is 1. The molecule has 1 amide bonds. The lowest BCUT2D eigenvalue weighted by atomic mass is 9.98. The summed E-state index contributed by atoms with van der Waals surface area (Å²) in [5, 5.41) is 11.6. The molecule has 19 heavy (non-hydrogen) atoms. The van der Waals surface area contributed by atoms with Gasteiger partial charge in [-0.3, -0.25) is 4.79 Å². The van der Waals surface area contributed by atoms with Crippen molar-refractivity contribution in [3.05, 3.63) is 35.1 Å². The molecule has 0 fully saturated rings. The first-order valence-corrected chi connectivity index (χ1v) is 6.16. The highest BCUT2D eigenvalue weighted by Crippen LogP contribution is 2.13. The Labute approximate surface area is 111 Å². The van der Waals surface area contributed by atoms with Gasteiger partial charge in [0.2, 0.25) is 0 Å². The number of carbonyl (C=O) groups is 2. The number of aliphatic carboxylic acids is 1. The van der Waals surface area contributed by atoms with E-state index in [-0.39, 0.29) is 11.5 Å². The molecule has 104 valence electrons. The topological polar surface area (TPSA) is 66.4 Å². The number of aryl methyl sites for hydroxylation is 1. The molecule has 0 spiro atoms. The molecule has 0 saturated heterocycles. The first kappa shape index (κ1) is 15.1. The van der Waals surface area contributed by atoms with Gasteiger partial charge in [0.15, 0.2) is 0 Å². The molecule has 4 nitrogen and oxygen atoms in total. The number of hydrogen-bond donors (Lipinski definition) is 2. The lowest BCUT2D eigenvalue weighted by molar-refractivity contribution is -0.140. The second-order valence-corrected chi connectivity index (χ2v) is 4.63. The molecule has 0 bridgehead atoms. The maximum absolute atomic E-state index is 13.0. The third-order valence-electron chi connectivity index (χ3n) is 3.20. The fourth-order valence-corrected chi connectivity index (χ4v) is 1.78. The van der Waals surface area contributed by atoms with Gasteiger partial charge < -0.3 is 10.4 Å². The molecule has 1 rings (SSSR count). The maximum atomic E-state index is 13.0. The minimum atomic E-state index is -1.07. The molecular formula is C14H18FNO3. The molecule has 0 aliphatic rings. The normalized spacial score (nSPS) is 13.7. The van der Waals surface area contributed by atoms with Gasteiger partial charge in [-0.1, -0.05) is 20.3 Å². The Morgan fingerprint density at radius 2 is 2.05 bits per heavy atom. The van der Waals surface area contributed by atoms with Crippen molar-refractivity contribution >= 4 is 11.9 Å². The van der Waals surface area contributed by atoms with Gasteiger partial charge in [0.05, 0.1) is 0 Å². The van der Waals surface area contributed by atoms with Crippen molar-refractivity contribution < 1.29 is 19.1 Å². The van der Waals surface area contributed by atoms with Gasteiger partial charge in [0.1, 0.15) is 11.9 Å². The largest absolute Gasteiger partial charge is 0.480 e. The molecule has 1 aromatic rings. The zero-order chi connectivity index (χ0) is 14.6. The predicted octanol–water partition coefficient (Wildman–Crippen LogP) is 2.36. The summed E-state index contributed by atoms with van der Waals surface area (Å²) in [7, 11) is 0. The minimum absolute atomic E-state index is 0.179. The Balaban J connectivity index is 2.91. The fourth-order valence-electron chi connectivity index (χ4n) is 1.78. The molecule has 2 N–H and O–H groups in total. The molecule has 2 atom stereocenters. The lowest BCUT2D eigenvalue weighted by Crippen LogP contribution is -2.45. The van der Waals surface area contributed by atoms with Crippen molar-refractivity contribution in [2.45, 2.75) is 33.2 Å². The van der Waals surface area contributed by atoms with Crippen LogP contribution in [0, 0.1) is 18.7 Å². The van der Waals surface area contributed by atoms with Crippen LogP contribution in [0.2, 0.25) is 0 Å².